The van der Waals surface area contributed by atoms with Gasteiger partial charge in [-0.1, -0.05) is 24.3 Å². The van der Waals surface area contributed by atoms with E-state index < -0.39 is 0 Å². The highest BCUT2D eigenvalue weighted by atomic mass is 19.1. The second-order valence-electron chi connectivity index (χ2n) is 6.48. The summed E-state index contributed by atoms with van der Waals surface area (Å²) in [5, 5.41) is 12.9. The van der Waals surface area contributed by atoms with Crippen molar-refractivity contribution in [1.29, 1.82) is 0 Å². The minimum Gasteiger partial charge on any atom is -0.326 e. The lowest BCUT2D eigenvalue weighted by atomic mass is 9.88. The largest absolute Gasteiger partial charge is 0.326 e. The van der Waals surface area contributed by atoms with Crippen LogP contribution in [-0.2, 0) is 4.79 Å². The van der Waals surface area contributed by atoms with E-state index in [-0.39, 0.29) is 23.6 Å². The molecular formula is C20H19FN4O. The fourth-order valence-corrected chi connectivity index (χ4v) is 3.43. The summed E-state index contributed by atoms with van der Waals surface area (Å²) in [5.74, 6) is -0.593. The fraction of sp³-hybridized carbons (Fsp3) is 0.200. The van der Waals surface area contributed by atoms with Crippen LogP contribution in [0, 0.1) is 11.7 Å². The van der Waals surface area contributed by atoms with Gasteiger partial charge >= 0.3 is 0 Å². The summed E-state index contributed by atoms with van der Waals surface area (Å²) < 4.78 is 13.5. The molecule has 0 aliphatic carbocycles. The average molecular weight is 350 g/mol. The molecule has 5 nitrogen and oxygen atoms in total. The second kappa shape index (κ2) is 7.09. The van der Waals surface area contributed by atoms with Crippen molar-refractivity contribution in [2.24, 2.45) is 5.92 Å². The van der Waals surface area contributed by atoms with Gasteiger partial charge in [0.1, 0.15) is 5.82 Å². The Morgan fingerprint density at radius 2 is 1.96 bits per heavy atom. The van der Waals surface area contributed by atoms with E-state index in [0.29, 0.717) is 13.1 Å². The lowest BCUT2D eigenvalue weighted by Gasteiger charge is -2.19. The zero-order valence-corrected chi connectivity index (χ0v) is 14.1. The van der Waals surface area contributed by atoms with Gasteiger partial charge in [-0.25, -0.2) is 4.39 Å². The Morgan fingerprint density at radius 1 is 1.12 bits per heavy atom. The lowest BCUT2D eigenvalue weighted by Crippen LogP contribution is -2.28. The molecule has 1 unspecified atom stereocenters. The summed E-state index contributed by atoms with van der Waals surface area (Å²) in [7, 11) is 0. The number of anilines is 1. The van der Waals surface area contributed by atoms with Gasteiger partial charge in [-0.15, -0.1) is 0 Å². The molecule has 3 aromatic rings. The van der Waals surface area contributed by atoms with E-state index in [0.717, 1.165) is 22.4 Å². The molecular weight excluding hydrogens is 331 g/mol. The van der Waals surface area contributed by atoms with Crippen LogP contribution in [0.4, 0.5) is 10.1 Å². The van der Waals surface area contributed by atoms with Crippen LogP contribution in [0.1, 0.15) is 11.5 Å². The van der Waals surface area contributed by atoms with Gasteiger partial charge in [-0.05, 0) is 35.4 Å². The number of amides is 1. The molecule has 6 heteroatoms. The molecule has 0 radical (unpaired) electrons. The van der Waals surface area contributed by atoms with E-state index >= 15 is 0 Å². The van der Waals surface area contributed by atoms with Gasteiger partial charge < -0.3 is 10.6 Å². The minimum absolute atomic E-state index is 0.0316. The molecule has 1 aliphatic heterocycles. The molecule has 2 heterocycles. The van der Waals surface area contributed by atoms with Crippen molar-refractivity contribution >= 4 is 11.6 Å². The Labute approximate surface area is 150 Å². The number of hydrogen-bond acceptors (Lipinski definition) is 3. The number of carbonyl (C=O) groups excluding carboxylic acids is 1. The van der Waals surface area contributed by atoms with Gasteiger partial charge in [-0.2, -0.15) is 5.10 Å². The molecule has 2 atom stereocenters. The summed E-state index contributed by atoms with van der Waals surface area (Å²) in [6.45, 7) is 1.25. The van der Waals surface area contributed by atoms with E-state index in [4.69, 9.17) is 0 Å². The number of benzene rings is 2. The lowest BCUT2D eigenvalue weighted by molar-refractivity contribution is -0.119. The van der Waals surface area contributed by atoms with Gasteiger partial charge in [0.05, 0.1) is 12.1 Å². The molecule has 0 saturated carbocycles. The molecule has 1 aromatic heterocycles. The second-order valence-corrected chi connectivity index (χ2v) is 6.48. The molecule has 3 N–H and O–H groups in total. The zero-order chi connectivity index (χ0) is 17.9. The summed E-state index contributed by atoms with van der Waals surface area (Å²) in [4.78, 5) is 12.7. The molecule has 2 aromatic carbocycles. The third-order valence-electron chi connectivity index (χ3n) is 4.81. The average Bonchev–Trinajstić information content (AvgIpc) is 3.34. The van der Waals surface area contributed by atoms with Gasteiger partial charge in [0.25, 0.3) is 0 Å². The van der Waals surface area contributed by atoms with E-state index in [1.807, 2.05) is 36.5 Å². The first kappa shape index (κ1) is 16.5. The van der Waals surface area contributed by atoms with Crippen LogP contribution in [0.2, 0.25) is 0 Å². The minimum atomic E-state index is -0.275. The SMILES string of the molecule is O=C(Nc1ccc(-c2cn[nH]c2)cc1)C1CNC[C@H]1c1cccc(F)c1. The smallest absolute Gasteiger partial charge is 0.229 e. The van der Waals surface area contributed by atoms with Gasteiger partial charge in [-0.3, -0.25) is 9.89 Å². The van der Waals surface area contributed by atoms with Gasteiger partial charge in [0.15, 0.2) is 0 Å². The molecule has 4 rings (SSSR count). The molecule has 0 spiro atoms. The van der Waals surface area contributed by atoms with E-state index in [2.05, 4.69) is 20.8 Å². The summed E-state index contributed by atoms with van der Waals surface area (Å²) >= 11 is 0. The fourth-order valence-electron chi connectivity index (χ4n) is 3.43. The Hall–Kier alpha value is -2.99. The maximum atomic E-state index is 13.5. The van der Waals surface area contributed by atoms with Crippen molar-refractivity contribution < 1.29 is 9.18 Å². The molecule has 1 fully saturated rings. The van der Waals surface area contributed by atoms with Crippen LogP contribution in [0.25, 0.3) is 11.1 Å². The van der Waals surface area contributed by atoms with Crippen LogP contribution in [-0.4, -0.2) is 29.2 Å². The molecule has 1 aliphatic rings. The molecule has 132 valence electrons. The maximum Gasteiger partial charge on any atom is 0.229 e. The van der Waals surface area contributed by atoms with Crippen molar-refractivity contribution in [3.63, 3.8) is 0 Å². The van der Waals surface area contributed by atoms with Gasteiger partial charge in [0, 0.05) is 36.5 Å². The Bertz CT molecular complexity index is 892. The first-order chi connectivity index (χ1) is 12.7. The number of nitrogens with one attached hydrogen (secondary N) is 3. The van der Waals surface area contributed by atoms with E-state index in [9.17, 15) is 9.18 Å². The maximum absolute atomic E-state index is 13.5. The molecule has 1 saturated heterocycles. The van der Waals surface area contributed by atoms with Crippen LogP contribution >= 0.6 is 0 Å². The van der Waals surface area contributed by atoms with Crippen LogP contribution in [0.5, 0.6) is 0 Å². The van der Waals surface area contributed by atoms with E-state index in [1.54, 1.807) is 12.3 Å². The number of nitrogens with zero attached hydrogens (tertiary/aromatic N) is 1. The number of aromatic nitrogens is 2. The summed E-state index contributed by atoms with van der Waals surface area (Å²) in [6.07, 6.45) is 3.57. The molecule has 1 amide bonds. The van der Waals surface area contributed by atoms with Gasteiger partial charge in [0.2, 0.25) is 5.91 Å². The predicted molar refractivity (Wildman–Crippen MR) is 98.2 cm³/mol. The Kier molecular flexibility index (Phi) is 4.50. The Morgan fingerprint density at radius 3 is 2.69 bits per heavy atom. The van der Waals surface area contributed by atoms with Crippen molar-refractivity contribution in [2.45, 2.75) is 5.92 Å². The number of halogens is 1. The quantitative estimate of drug-likeness (QED) is 0.677. The van der Waals surface area contributed by atoms with Crippen molar-refractivity contribution in [1.82, 2.24) is 15.5 Å². The normalized spacial score (nSPS) is 19.4. The number of rotatable bonds is 4. The standard InChI is InChI=1S/C20H19FN4O/c21-16-3-1-2-14(8-16)18-11-22-12-19(18)20(26)25-17-6-4-13(5-7-17)15-9-23-24-10-15/h1-10,18-19,22H,11-12H2,(H,23,24)(H,25,26)/t18-,19?/m0/s1. The van der Waals surface area contributed by atoms with Crippen molar-refractivity contribution in [2.75, 3.05) is 18.4 Å². The third-order valence-corrected chi connectivity index (χ3v) is 4.81. The zero-order valence-electron chi connectivity index (χ0n) is 14.1. The monoisotopic (exact) mass is 350 g/mol. The number of carbonyl (C=O) groups is 1. The van der Waals surface area contributed by atoms with Crippen LogP contribution in [0.3, 0.4) is 0 Å². The molecule has 26 heavy (non-hydrogen) atoms. The summed E-state index contributed by atoms with van der Waals surface area (Å²) in [6, 6.07) is 14.1. The highest BCUT2D eigenvalue weighted by Gasteiger charge is 2.34. The Balaban J connectivity index is 1.47. The van der Waals surface area contributed by atoms with Crippen LogP contribution in [0.15, 0.2) is 60.9 Å². The van der Waals surface area contributed by atoms with Crippen molar-refractivity contribution in [3.05, 3.63) is 72.3 Å². The van der Waals surface area contributed by atoms with E-state index in [1.165, 1.54) is 12.1 Å². The number of hydrogen-bond donors (Lipinski definition) is 3. The number of aromatic amines is 1. The third kappa shape index (κ3) is 3.36. The van der Waals surface area contributed by atoms with Crippen molar-refractivity contribution in [3.8, 4) is 11.1 Å². The number of H-pyrrole nitrogens is 1. The van der Waals surface area contributed by atoms with Crippen LogP contribution < -0.4 is 10.6 Å². The topological polar surface area (TPSA) is 69.8 Å². The first-order valence-electron chi connectivity index (χ1n) is 8.57. The highest BCUT2D eigenvalue weighted by molar-refractivity contribution is 5.93. The molecule has 0 bridgehead atoms. The highest BCUT2D eigenvalue weighted by Crippen LogP contribution is 2.30. The first-order valence-corrected chi connectivity index (χ1v) is 8.57. The summed E-state index contributed by atoms with van der Waals surface area (Å²) in [5.41, 5.74) is 3.61. The predicted octanol–water partition coefficient (Wildman–Crippen LogP) is 3.16.